The molecule has 0 aliphatic carbocycles. The first-order chi connectivity index (χ1) is 12.9. The molecule has 1 aromatic carbocycles. The molecule has 2 amide bonds. The SMILES string of the molecule is CC(C)CCN1C(=O)c2ccc(C(=O)[C@H](C#N)c3ccccn3)cc2C1=O. The number of imide groups is 1. The average Bonchev–Trinajstić information content (AvgIpc) is 2.91. The van der Waals surface area contributed by atoms with Crippen LogP contribution < -0.4 is 0 Å². The molecule has 0 saturated heterocycles. The van der Waals surface area contributed by atoms with Gasteiger partial charge in [0.05, 0.1) is 22.9 Å². The van der Waals surface area contributed by atoms with E-state index in [1.54, 1.807) is 18.2 Å². The lowest BCUT2D eigenvalue weighted by molar-refractivity contribution is 0.0647. The molecular formula is C21H19N3O3. The molecule has 1 atom stereocenters. The second kappa shape index (κ2) is 7.50. The van der Waals surface area contributed by atoms with E-state index in [0.717, 1.165) is 0 Å². The first kappa shape index (κ1) is 18.5. The Kier molecular flexibility index (Phi) is 5.13. The van der Waals surface area contributed by atoms with Crippen LogP contribution in [0, 0.1) is 17.2 Å². The van der Waals surface area contributed by atoms with Crippen molar-refractivity contribution in [2.24, 2.45) is 5.92 Å². The zero-order valence-corrected chi connectivity index (χ0v) is 15.2. The monoisotopic (exact) mass is 361 g/mol. The van der Waals surface area contributed by atoms with Gasteiger partial charge in [-0.2, -0.15) is 5.26 Å². The molecule has 1 aromatic heterocycles. The summed E-state index contributed by atoms with van der Waals surface area (Å²) in [7, 11) is 0. The van der Waals surface area contributed by atoms with Gasteiger partial charge in [0.1, 0.15) is 0 Å². The fourth-order valence-corrected chi connectivity index (χ4v) is 3.01. The normalized spacial score (nSPS) is 14.2. The van der Waals surface area contributed by atoms with E-state index >= 15 is 0 Å². The van der Waals surface area contributed by atoms with Gasteiger partial charge in [-0.3, -0.25) is 24.3 Å². The lowest BCUT2D eigenvalue weighted by Crippen LogP contribution is -2.31. The largest absolute Gasteiger partial charge is 0.292 e. The summed E-state index contributed by atoms with van der Waals surface area (Å²) in [5, 5.41) is 9.42. The maximum Gasteiger partial charge on any atom is 0.261 e. The van der Waals surface area contributed by atoms with Crippen LogP contribution in [0.5, 0.6) is 0 Å². The van der Waals surface area contributed by atoms with Crippen LogP contribution in [-0.4, -0.2) is 34.0 Å². The van der Waals surface area contributed by atoms with Crippen LogP contribution in [0.3, 0.4) is 0 Å². The number of benzene rings is 1. The highest BCUT2D eigenvalue weighted by atomic mass is 16.2. The highest BCUT2D eigenvalue weighted by molar-refractivity contribution is 6.22. The van der Waals surface area contributed by atoms with E-state index < -0.39 is 17.6 Å². The predicted molar refractivity (Wildman–Crippen MR) is 98.2 cm³/mol. The summed E-state index contributed by atoms with van der Waals surface area (Å²) in [5.41, 5.74) is 1.09. The summed E-state index contributed by atoms with van der Waals surface area (Å²) in [5.74, 6) is -1.87. The smallest absolute Gasteiger partial charge is 0.261 e. The first-order valence-electron chi connectivity index (χ1n) is 8.79. The minimum absolute atomic E-state index is 0.215. The van der Waals surface area contributed by atoms with E-state index in [1.807, 2.05) is 19.9 Å². The second-order valence-corrected chi connectivity index (χ2v) is 6.89. The number of fused-ring (bicyclic) bond motifs is 1. The molecule has 3 rings (SSSR count). The maximum atomic E-state index is 12.8. The Morgan fingerprint density at radius 2 is 1.89 bits per heavy atom. The average molecular weight is 361 g/mol. The highest BCUT2D eigenvalue weighted by Crippen LogP contribution is 2.27. The number of nitriles is 1. The van der Waals surface area contributed by atoms with Crippen LogP contribution in [0.15, 0.2) is 42.6 Å². The minimum Gasteiger partial charge on any atom is -0.292 e. The van der Waals surface area contributed by atoms with Crippen molar-refractivity contribution >= 4 is 17.6 Å². The fourth-order valence-electron chi connectivity index (χ4n) is 3.01. The Morgan fingerprint density at radius 1 is 1.15 bits per heavy atom. The van der Waals surface area contributed by atoms with Gasteiger partial charge >= 0.3 is 0 Å². The van der Waals surface area contributed by atoms with Crippen LogP contribution in [0.4, 0.5) is 0 Å². The zero-order chi connectivity index (χ0) is 19.6. The highest BCUT2D eigenvalue weighted by Gasteiger charge is 2.36. The van der Waals surface area contributed by atoms with Crippen molar-refractivity contribution in [2.45, 2.75) is 26.2 Å². The summed E-state index contributed by atoms with van der Waals surface area (Å²) < 4.78 is 0. The van der Waals surface area contributed by atoms with Gasteiger partial charge in [-0.05, 0) is 36.6 Å². The van der Waals surface area contributed by atoms with E-state index in [9.17, 15) is 19.6 Å². The summed E-state index contributed by atoms with van der Waals surface area (Å²) >= 11 is 0. The molecule has 1 aliphatic heterocycles. The van der Waals surface area contributed by atoms with E-state index in [1.165, 1.54) is 29.3 Å². The van der Waals surface area contributed by atoms with E-state index in [-0.39, 0.29) is 17.0 Å². The second-order valence-electron chi connectivity index (χ2n) is 6.89. The van der Waals surface area contributed by atoms with Crippen molar-refractivity contribution in [1.82, 2.24) is 9.88 Å². The molecule has 0 radical (unpaired) electrons. The molecule has 2 aromatic rings. The number of hydrogen-bond acceptors (Lipinski definition) is 5. The topological polar surface area (TPSA) is 91.1 Å². The van der Waals surface area contributed by atoms with Crippen LogP contribution >= 0.6 is 0 Å². The van der Waals surface area contributed by atoms with Crippen LogP contribution in [0.1, 0.15) is 63.0 Å². The molecule has 0 unspecified atom stereocenters. The van der Waals surface area contributed by atoms with Crippen molar-refractivity contribution in [2.75, 3.05) is 6.54 Å². The predicted octanol–water partition coefficient (Wildman–Crippen LogP) is 3.21. The summed E-state index contributed by atoms with van der Waals surface area (Å²) in [6.45, 7) is 4.39. The summed E-state index contributed by atoms with van der Waals surface area (Å²) in [6.07, 6.45) is 2.23. The number of carbonyl (C=O) groups is 3. The third-order valence-electron chi connectivity index (χ3n) is 4.56. The third kappa shape index (κ3) is 3.49. The lowest BCUT2D eigenvalue weighted by Gasteiger charge is -2.14. The van der Waals surface area contributed by atoms with Gasteiger partial charge in [0.2, 0.25) is 0 Å². The van der Waals surface area contributed by atoms with Gasteiger partial charge in [-0.25, -0.2) is 0 Å². The molecule has 2 heterocycles. The summed E-state index contributed by atoms with van der Waals surface area (Å²) in [6, 6.07) is 11.4. The molecule has 1 aliphatic rings. The Hall–Kier alpha value is -3.33. The number of carbonyl (C=O) groups excluding carboxylic acids is 3. The number of hydrogen-bond donors (Lipinski definition) is 0. The zero-order valence-electron chi connectivity index (χ0n) is 15.2. The molecular weight excluding hydrogens is 342 g/mol. The fraction of sp³-hybridized carbons (Fsp3) is 0.286. The van der Waals surface area contributed by atoms with E-state index in [2.05, 4.69) is 4.98 Å². The molecule has 6 nitrogen and oxygen atoms in total. The Bertz CT molecular complexity index is 945. The third-order valence-corrected chi connectivity index (χ3v) is 4.56. The van der Waals surface area contributed by atoms with Gasteiger partial charge in [-0.1, -0.05) is 26.0 Å². The van der Waals surface area contributed by atoms with Crippen LogP contribution in [0.2, 0.25) is 0 Å². The molecule has 6 heteroatoms. The van der Waals surface area contributed by atoms with Gasteiger partial charge in [0, 0.05) is 18.3 Å². The van der Waals surface area contributed by atoms with E-state index in [4.69, 9.17) is 0 Å². The minimum atomic E-state index is -1.06. The summed E-state index contributed by atoms with van der Waals surface area (Å²) in [4.78, 5) is 43.2. The number of Topliss-reactive ketones (excluding diaryl/α,β-unsaturated/α-hetero) is 1. The van der Waals surface area contributed by atoms with Gasteiger partial charge < -0.3 is 0 Å². The molecule has 27 heavy (non-hydrogen) atoms. The first-order valence-corrected chi connectivity index (χ1v) is 8.79. The molecule has 0 saturated carbocycles. The van der Waals surface area contributed by atoms with Gasteiger partial charge in [0.15, 0.2) is 11.7 Å². The number of aromatic nitrogens is 1. The van der Waals surface area contributed by atoms with Gasteiger partial charge in [0.25, 0.3) is 11.8 Å². The molecule has 0 N–H and O–H groups in total. The number of amides is 2. The van der Waals surface area contributed by atoms with Crippen LogP contribution in [-0.2, 0) is 0 Å². The standard InChI is InChI=1S/C21H19N3O3/c1-13(2)8-10-24-20(26)15-7-6-14(11-16(15)21(24)27)19(25)17(12-22)18-5-3-4-9-23-18/h3-7,9,11,13,17H,8,10H2,1-2H3/t17-/m1/s1. The molecule has 0 spiro atoms. The van der Waals surface area contributed by atoms with Crippen molar-refractivity contribution in [3.63, 3.8) is 0 Å². The molecule has 0 bridgehead atoms. The molecule has 0 fully saturated rings. The van der Waals surface area contributed by atoms with Crippen LogP contribution in [0.25, 0.3) is 0 Å². The number of pyridine rings is 1. The van der Waals surface area contributed by atoms with Crippen molar-refractivity contribution < 1.29 is 14.4 Å². The van der Waals surface area contributed by atoms with Crippen molar-refractivity contribution in [3.05, 3.63) is 65.0 Å². The van der Waals surface area contributed by atoms with Crippen molar-refractivity contribution in [1.29, 1.82) is 5.26 Å². The maximum absolute atomic E-state index is 12.8. The van der Waals surface area contributed by atoms with E-state index in [0.29, 0.717) is 30.1 Å². The number of rotatable bonds is 6. The lowest BCUT2D eigenvalue weighted by atomic mass is 9.93. The Morgan fingerprint density at radius 3 is 2.52 bits per heavy atom. The Labute approximate surface area is 157 Å². The molecule has 136 valence electrons. The quantitative estimate of drug-likeness (QED) is 0.582. The Balaban J connectivity index is 1.90. The van der Waals surface area contributed by atoms with Crippen molar-refractivity contribution in [3.8, 4) is 6.07 Å². The number of ketones is 1. The number of nitrogens with zero attached hydrogens (tertiary/aromatic N) is 3. The van der Waals surface area contributed by atoms with Gasteiger partial charge in [-0.15, -0.1) is 0 Å².